The molecule has 1 N–H and O–H groups in total. The first-order valence-corrected chi connectivity index (χ1v) is 10.2. The quantitative estimate of drug-likeness (QED) is 0.533. The molecule has 1 unspecified atom stereocenters. The molecule has 2 rings (SSSR count). The van der Waals surface area contributed by atoms with Crippen molar-refractivity contribution in [3.8, 4) is 0 Å². The van der Waals surface area contributed by atoms with Crippen molar-refractivity contribution < 1.29 is 9.47 Å². The van der Waals surface area contributed by atoms with E-state index < -0.39 is 0 Å². The number of nitrogens with zero attached hydrogens (tertiary/aromatic N) is 3. The summed E-state index contributed by atoms with van der Waals surface area (Å²) in [7, 11) is 2.14. The van der Waals surface area contributed by atoms with Gasteiger partial charge in [-0.1, -0.05) is 6.92 Å². The topological polar surface area (TPSA) is 49.3 Å². The van der Waals surface area contributed by atoms with Crippen molar-refractivity contribution in [1.29, 1.82) is 0 Å². The molecule has 2 fully saturated rings. The lowest BCUT2D eigenvalue weighted by molar-refractivity contribution is -0.0721. The second-order valence-corrected chi connectivity index (χ2v) is 7.14. The molecule has 0 saturated carbocycles. The van der Waals surface area contributed by atoms with Crippen LogP contribution in [0.25, 0.3) is 0 Å². The smallest absolute Gasteiger partial charge is 0.193 e. The van der Waals surface area contributed by atoms with Gasteiger partial charge in [0, 0.05) is 32.8 Å². The predicted molar refractivity (Wildman–Crippen MR) is 103 cm³/mol. The third kappa shape index (κ3) is 7.50. The first kappa shape index (κ1) is 20.5. The van der Waals surface area contributed by atoms with Crippen molar-refractivity contribution in [2.45, 2.75) is 58.2 Å². The van der Waals surface area contributed by atoms with E-state index in [4.69, 9.17) is 14.5 Å². The van der Waals surface area contributed by atoms with Crippen LogP contribution in [0.5, 0.6) is 0 Å². The molecule has 6 nitrogen and oxygen atoms in total. The van der Waals surface area contributed by atoms with Gasteiger partial charge in [0.2, 0.25) is 0 Å². The molecule has 2 aliphatic rings. The Balaban J connectivity index is 1.70. The number of likely N-dealkylation sites (N-methyl/N-ethyl adjacent to an activating group) is 1. The zero-order valence-electron chi connectivity index (χ0n) is 16.5. The van der Waals surface area contributed by atoms with Gasteiger partial charge in [0.05, 0.1) is 25.4 Å². The molecule has 2 saturated heterocycles. The summed E-state index contributed by atoms with van der Waals surface area (Å²) in [5, 5.41) is 3.44. The maximum absolute atomic E-state index is 6.12. The highest BCUT2D eigenvalue weighted by molar-refractivity contribution is 5.80. The first-order chi connectivity index (χ1) is 12.2. The van der Waals surface area contributed by atoms with E-state index in [2.05, 4.69) is 36.0 Å². The standard InChI is InChI=1S/C19H38N4O2/c1-4-20-19(21-11-14-22(3)5-2)23-12-9-17(10-13-23)25-16-18-8-6-7-15-24-18/h17-18H,4-16H2,1-3H3,(H,20,21). The lowest BCUT2D eigenvalue weighted by atomic mass is 10.1. The van der Waals surface area contributed by atoms with E-state index in [1.54, 1.807) is 0 Å². The fourth-order valence-electron chi connectivity index (χ4n) is 3.33. The van der Waals surface area contributed by atoms with Crippen molar-refractivity contribution in [3.05, 3.63) is 0 Å². The van der Waals surface area contributed by atoms with Crippen molar-refractivity contribution in [2.24, 2.45) is 4.99 Å². The average Bonchev–Trinajstić information content (AvgIpc) is 2.67. The van der Waals surface area contributed by atoms with Crippen LogP contribution in [0.15, 0.2) is 4.99 Å². The molecule has 0 bridgehead atoms. The molecule has 146 valence electrons. The van der Waals surface area contributed by atoms with Crippen LogP contribution in [-0.2, 0) is 9.47 Å². The number of guanidine groups is 1. The molecule has 0 aromatic heterocycles. The molecule has 0 amide bonds. The molecule has 0 aliphatic carbocycles. The Morgan fingerprint density at radius 1 is 1.24 bits per heavy atom. The van der Waals surface area contributed by atoms with Gasteiger partial charge in [0.1, 0.15) is 0 Å². The first-order valence-electron chi connectivity index (χ1n) is 10.2. The van der Waals surface area contributed by atoms with Crippen LogP contribution in [0.1, 0.15) is 46.0 Å². The molecule has 0 aromatic carbocycles. The molecule has 2 heterocycles. The summed E-state index contributed by atoms with van der Waals surface area (Å²) >= 11 is 0. The van der Waals surface area contributed by atoms with Crippen LogP contribution in [0.2, 0.25) is 0 Å². The minimum absolute atomic E-state index is 0.321. The van der Waals surface area contributed by atoms with E-state index in [-0.39, 0.29) is 0 Å². The molecule has 0 aromatic rings. The molecule has 0 spiro atoms. The van der Waals surface area contributed by atoms with Crippen molar-refractivity contribution in [2.75, 3.05) is 59.5 Å². The molecule has 2 aliphatic heterocycles. The average molecular weight is 355 g/mol. The van der Waals surface area contributed by atoms with Gasteiger partial charge >= 0.3 is 0 Å². The number of aliphatic imine (C=N–C) groups is 1. The lowest BCUT2D eigenvalue weighted by Gasteiger charge is -2.35. The van der Waals surface area contributed by atoms with Crippen LogP contribution in [0.3, 0.4) is 0 Å². The Kier molecular flexibility index (Phi) is 9.58. The summed E-state index contributed by atoms with van der Waals surface area (Å²) < 4.78 is 11.9. The Morgan fingerprint density at radius 2 is 2.04 bits per heavy atom. The Hall–Kier alpha value is -0.850. The van der Waals surface area contributed by atoms with Crippen LogP contribution < -0.4 is 5.32 Å². The molecule has 6 heteroatoms. The van der Waals surface area contributed by atoms with E-state index in [0.29, 0.717) is 12.2 Å². The third-order valence-corrected chi connectivity index (χ3v) is 5.15. The van der Waals surface area contributed by atoms with Gasteiger partial charge in [0.25, 0.3) is 0 Å². The fraction of sp³-hybridized carbons (Fsp3) is 0.947. The van der Waals surface area contributed by atoms with Gasteiger partial charge in [-0.25, -0.2) is 0 Å². The van der Waals surface area contributed by atoms with Gasteiger partial charge in [-0.2, -0.15) is 0 Å². The summed E-state index contributed by atoms with van der Waals surface area (Å²) in [6.45, 7) is 11.9. The second kappa shape index (κ2) is 11.7. The summed E-state index contributed by atoms with van der Waals surface area (Å²) in [4.78, 5) is 9.47. The van der Waals surface area contributed by atoms with Crippen LogP contribution in [-0.4, -0.2) is 87.5 Å². The highest BCUT2D eigenvalue weighted by atomic mass is 16.5. The normalized spacial score (nSPS) is 23.3. The fourth-order valence-corrected chi connectivity index (χ4v) is 3.33. The van der Waals surface area contributed by atoms with E-state index >= 15 is 0 Å². The number of hydrogen-bond donors (Lipinski definition) is 1. The Labute approximate surface area is 153 Å². The molecule has 1 atom stereocenters. The molecule has 25 heavy (non-hydrogen) atoms. The zero-order chi connectivity index (χ0) is 17.9. The molecular weight excluding hydrogens is 316 g/mol. The summed E-state index contributed by atoms with van der Waals surface area (Å²) in [6.07, 6.45) is 6.48. The maximum atomic E-state index is 6.12. The van der Waals surface area contributed by atoms with Gasteiger partial charge in [-0.05, 0) is 52.6 Å². The van der Waals surface area contributed by atoms with Gasteiger partial charge in [-0.15, -0.1) is 0 Å². The monoisotopic (exact) mass is 354 g/mol. The Bertz CT molecular complexity index is 378. The minimum Gasteiger partial charge on any atom is -0.376 e. The summed E-state index contributed by atoms with van der Waals surface area (Å²) in [6, 6.07) is 0. The zero-order valence-corrected chi connectivity index (χ0v) is 16.5. The van der Waals surface area contributed by atoms with E-state index in [9.17, 15) is 0 Å². The molecule has 0 radical (unpaired) electrons. The maximum Gasteiger partial charge on any atom is 0.193 e. The van der Waals surface area contributed by atoms with Gasteiger partial charge in [0.15, 0.2) is 5.96 Å². The predicted octanol–water partition coefficient (Wildman–Crippen LogP) is 1.95. The third-order valence-electron chi connectivity index (χ3n) is 5.15. The van der Waals surface area contributed by atoms with Crippen molar-refractivity contribution >= 4 is 5.96 Å². The summed E-state index contributed by atoms with van der Waals surface area (Å²) in [5.41, 5.74) is 0. The second-order valence-electron chi connectivity index (χ2n) is 7.14. The molecular formula is C19H38N4O2. The SMILES string of the molecule is CCNC(=NCCN(C)CC)N1CCC(OCC2CCCCO2)CC1. The lowest BCUT2D eigenvalue weighted by Crippen LogP contribution is -2.47. The highest BCUT2D eigenvalue weighted by Crippen LogP contribution is 2.17. The van der Waals surface area contributed by atoms with Crippen LogP contribution in [0.4, 0.5) is 0 Å². The van der Waals surface area contributed by atoms with E-state index in [1.165, 1.54) is 12.8 Å². The van der Waals surface area contributed by atoms with Gasteiger partial charge in [-0.3, -0.25) is 4.99 Å². The number of ether oxygens (including phenoxy) is 2. The van der Waals surface area contributed by atoms with Crippen LogP contribution in [0, 0.1) is 0 Å². The largest absolute Gasteiger partial charge is 0.376 e. The number of hydrogen-bond acceptors (Lipinski definition) is 4. The number of nitrogens with one attached hydrogen (secondary N) is 1. The minimum atomic E-state index is 0.321. The number of piperidine rings is 1. The summed E-state index contributed by atoms with van der Waals surface area (Å²) in [5.74, 6) is 1.06. The highest BCUT2D eigenvalue weighted by Gasteiger charge is 2.23. The Morgan fingerprint density at radius 3 is 2.68 bits per heavy atom. The number of rotatable bonds is 8. The van der Waals surface area contributed by atoms with E-state index in [1.807, 2.05) is 0 Å². The van der Waals surface area contributed by atoms with Gasteiger partial charge < -0.3 is 24.6 Å². The van der Waals surface area contributed by atoms with Crippen molar-refractivity contribution in [1.82, 2.24) is 15.1 Å². The van der Waals surface area contributed by atoms with E-state index in [0.717, 1.165) is 77.7 Å². The van der Waals surface area contributed by atoms with Crippen LogP contribution >= 0.6 is 0 Å². The van der Waals surface area contributed by atoms with Crippen molar-refractivity contribution in [3.63, 3.8) is 0 Å². The number of likely N-dealkylation sites (tertiary alicyclic amines) is 1.